The molecule has 1 aromatic rings. The molecule has 0 saturated carbocycles. The monoisotopic (exact) mass is 258 g/mol. The predicted molar refractivity (Wildman–Crippen MR) is 60.4 cm³/mol. The average molecular weight is 259 g/mol. The summed E-state index contributed by atoms with van der Waals surface area (Å²) in [4.78, 5) is 11.7. The van der Waals surface area contributed by atoms with Gasteiger partial charge < -0.3 is 9.47 Å². The summed E-state index contributed by atoms with van der Waals surface area (Å²) in [6, 6.07) is 3.98. The zero-order valence-electron chi connectivity index (χ0n) is 9.12. The normalized spacial score (nSPS) is 16.4. The molecular formula is C12H12ClFO3. The van der Waals surface area contributed by atoms with E-state index in [4.69, 9.17) is 21.1 Å². The van der Waals surface area contributed by atoms with Crippen molar-refractivity contribution in [2.75, 3.05) is 13.2 Å². The van der Waals surface area contributed by atoms with E-state index in [0.29, 0.717) is 23.8 Å². The maximum Gasteiger partial charge on any atom is 0.164 e. The fourth-order valence-corrected chi connectivity index (χ4v) is 1.86. The van der Waals surface area contributed by atoms with Gasteiger partial charge in [0.15, 0.2) is 6.29 Å². The molecule has 5 heteroatoms. The first kappa shape index (κ1) is 12.5. The Hall–Kier alpha value is -0.970. The minimum Gasteiger partial charge on any atom is -0.350 e. The van der Waals surface area contributed by atoms with Gasteiger partial charge in [0, 0.05) is 11.4 Å². The fourth-order valence-electron chi connectivity index (χ4n) is 1.67. The van der Waals surface area contributed by atoms with E-state index in [-0.39, 0.29) is 18.6 Å². The van der Waals surface area contributed by atoms with Crippen molar-refractivity contribution in [2.24, 2.45) is 0 Å². The Morgan fingerprint density at radius 2 is 2.12 bits per heavy atom. The highest BCUT2D eigenvalue weighted by Gasteiger charge is 2.20. The molecule has 0 atom stereocenters. The Morgan fingerprint density at radius 3 is 2.82 bits per heavy atom. The maximum absolute atomic E-state index is 13.0. The van der Waals surface area contributed by atoms with Crippen LogP contribution < -0.4 is 0 Å². The van der Waals surface area contributed by atoms with Gasteiger partial charge in [-0.2, -0.15) is 0 Å². The highest BCUT2D eigenvalue weighted by Crippen LogP contribution is 2.19. The molecule has 0 spiro atoms. The number of rotatable bonds is 4. The maximum atomic E-state index is 13.0. The van der Waals surface area contributed by atoms with Gasteiger partial charge in [-0.3, -0.25) is 4.79 Å². The zero-order valence-corrected chi connectivity index (χ0v) is 9.87. The Kier molecular flexibility index (Phi) is 4.10. The molecule has 0 radical (unpaired) electrons. The summed E-state index contributed by atoms with van der Waals surface area (Å²) >= 11 is 5.88. The number of benzene rings is 1. The largest absolute Gasteiger partial charge is 0.350 e. The smallest absolute Gasteiger partial charge is 0.164 e. The van der Waals surface area contributed by atoms with Crippen LogP contribution in [0.4, 0.5) is 4.39 Å². The van der Waals surface area contributed by atoms with Gasteiger partial charge in [0.2, 0.25) is 0 Å². The third-order valence-corrected chi connectivity index (χ3v) is 2.85. The number of halogens is 2. The molecule has 0 N–H and O–H groups in total. The Morgan fingerprint density at radius 1 is 1.41 bits per heavy atom. The van der Waals surface area contributed by atoms with Crippen LogP contribution in [-0.2, 0) is 20.7 Å². The lowest BCUT2D eigenvalue weighted by Gasteiger charge is -2.08. The van der Waals surface area contributed by atoms with E-state index in [1.807, 2.05) is 0 Å². The molecule has 3 nitrogen and oxygen atoms in total. The van der Waals surface area contributed by atoms with E-state index in [1.165, 1.54) is 18.2 Å². The van der Waals surface area contributed by atoms with Gasteiger partial charge in [0.1, 0.15) is 11.6 Å². The van der Waals surface area contributed by atoms with Crippen molar-refractivity contribution in [2.45, 2.75) is 19.1 Å². The molecule has 1 aromatic carbocycles. The second-order valence-electron chi connectivity index (χ2n) is 3.83. The summed E-state index contributed by atoms with van der Waals surface area (Å²) in [7, 11) is 0. The van der Waals surface area contributed by atoms with Gasteiger partial charge in [-0.15, -0.1) is 0 Å². The van der Waals surface area contributed by atoms with E-state index in [9.17, 15) is 9.18 Å². The SMILES string of the molecule is O=C(Cc1cc(F)ccc1Cl)CC1OCCO1. The number of carbonyl (C=O) groups excluding carboxylic acids is 1. The van der Waals surface area contributed by atoms with E-state index in [2.05, 4.69) is 0 Å². The van der Waals surface area contributed by atoms with E-state index in [0.717, 1.165) is 0 Å². The molecular weight excluding hydrogens is 247 g/mol. The topological polar surface area (TPSA) is 35.5 Å². The summed E-state index contributed by atoms with van der Waals surface area (Å²) in [5.41, 5.74) is 0.495. The lowest BCUT2D eigenvalue weighted by molar-refractivity contribution is -0.126. The van der Waals surface area contributed by atoms with Crippen molar-refractivity contribution in [3.05, 3.63) is 34.6 Å². The molecule has 1 heterocycles. The minimum atomic E-state index is -0.463. The van der Waals surface area contributed by atoms with Crippen LogP contribution in [0.15, 0.2) is 18.2 Å². The number of hydrogen-bond donors (Lipinski definition) is 0. The molecule has 2 rings (SSSR count). The summed E-state index contributed by atoms with van der Waals surface area (Å²) < 4.78 is 23.3. The zero-order chi connectivity index (χ0) is 12.3. The first-order chi connectivity index (χ1) is 8.15. The van der Waals surface area contributed by atoms with Crippen LogP contribution >= 0.6 is 11.6 Å². The van der Waals surface area contributed by atoms with Gasteiger partial charge in [0.25, 0.3) is 0 Å². The van der Waals surface area contributed by atoms with Gasteiger partial charge >= 0.3 is 0 Å². The first-order valence-corrected chi connectivity index (χ1v) is 5.72. The number of carbonyl (C=O) groups is 1. The van der Waals surface area contributed by atoms with E-state index >= 15 is 0 Å². The molecule has 0 aromatic heterocycles. The van der Waals surface area contributed by atoms with Crippen LogP contribution in [0.25, 0.3) is 0 Å². The fraction of sp³-hybridized carbons (Fsp3) is 0.417. The van der Waals surface area contributed by atoms with Crippen molar-refractivity contribution >= 4 is 17.4 Å². The summed E-state index contributed by atoms with van der Waals surface area (Å²) in [5.74, 6) is -0.477. The third kappa shape index (κ3) is 3.49. The van der Waals surface area contributed by atoms with Crippen molar-refractivity contribution in [1.82, 2.24) is 0 Å². The summed E-state index contributed by atoms with van der Waals surface area (Å²) in [6.07, 6.45) is -0.193. The number of hydrogen-bond acceptors (Lipinski definition) is 3. The van der Waals surface area contributed by atoms with Crippen LogP contribution in [0.1, 0.15) is 12.0 Å². The molecule has 1 saturated heterocycles. The number of Topliss-reactive ketones (excluding diaryl/α,β-unsaturated/α-hetero) is 1. The Balaban J connectivity index is 1.95. The molecule has 0 bridgehead atoms. The van der Waals surface area contributed by atoms with Crippen molar-refractivity contribution in [1.29, 1.82) is 0 Å². The van der Waals surface area contributed by atoms with Gasteiger partial charge in [-0.05, 0) is 23.8 Å². The average Bonchev–Trinajstić information content (AvgIpc) is 2.76. The number of ether oxygens (including phenoxy) is 2. The van der Waals surface area contributed by atoms with Gasteiger partial charge in [-0.1, -0.05) is 11.6 Å². The van der Waals surface area contributed by atoms with Crippen molar-refractivity contribution < 1.29 is 18.7 Å². The molecule has 92 valence electrons. The lowest BCUT2D eigenvalue weighted by atomic mass is 10.1. The molecule has 1 aliphatic rings. The Labute approximate surface area is 103 Å². The van der Waals surface area contributed by atoms with Crippen LogP contribution in [0.2, 0.25) is 5.02 Å². The van der Waals surface area contributed by atoms with Crippen molar-refractivity contribution in [3.63, 3.8) is 0 Å². The second-order valence-corrected chi connectivity index (χ2v) is 4.23. The molecule has 0 amide bonds. The Bertz CT molecular complexity index is 416. The third-order valence-electron chi connectivity index (χ3n) is 2.48. The molecule has 0 aliphatic carbocycles. The molecule has 17 heavy (non-hydrogen) atoms. The minimum absolute atomic E-state index is 0.0793. The highest BCUT2D eigenvalue weighted by atomic mass is 35.5. The second kappa shape index (κ2) is 5.58. The first-order valence-electron chi connectivity index (χ1n) is 5.34. The van der Waals surface area contributed by atoms with E-state index < -0.39 is 12.1 Å². The standard InChI is InChI=1S/C12H12ClFO3/c13-11-2-1-9(14)5-8(11)6-10(15)7-12-16-3-4-17-12/h1-2,5,12H,3-4,6-7H2. The van der Waals surface area contributed by atoms with Crippen LogP contribution in [0, 0.1) is 5.82 Å². The summed E-state index contributed by atoms with van der Waals surface area (Å²) in [5, 5.41) is 0.396. The summed E-state index contributed by atoms with van der Waals surface area (Å²) in [6.45, 7) is 1.03. The number of ketones is 1. The highest BCUT2D eigenvalue weighted by molar-refractivity contribution is 6.31. The predicted octanol–water partition coefficient (Wildman–Crippen LogP) is 2.35. The van der Waals surface area contributed by atoms with Crippen molar-refractivity contribution in [3.8, 4) is 0 Å². The van der Waals surface area contributed by atoms with Crippen LogP contribution in [0.3, 0.4) is 0 Å². The van der Waals surface area contributed by atoms with Crippen LogP contribution in [0.5, 0.6) is 0 Å². The lowest BCUT2D eigenvalue weighted by Crippen LogP contribution is -2.16. The van der Waals surface area contributed by atoms with Gasteiger partial charge in [0.05, 0.1) is 19.6 Å². The van der Waals surface area contributed by atoms with E-state index in [1.54, 1.807) is 0 Å². The molecule has 1 aliphatic heterocycles. The van der Waals surface area contributed by atoms with Crippen LogP contribution in [-0.4, -0.2) is 25.3 Å². The quantitative estimate of drug-likeness (QED) is 0.832. The van der Waals surface area contributed by atoms with Gasteiger partial charge in [-0.25, -0.2) is 4.39 Å². The molecule has 1 fully saturated rings. The molecule has 0 unspecified atom stereocenters.